The number of nitrogens with zero attached hydrogens (tertiary/aromatic N) is 3. The molecule has 1 amide bonds. The van der Waals surface area contributed by atoms with E-state index in [2.05, 4.69) is 25.5 Å². The third-order valence-corrected chi connectivity index (χ3v) is 4.12. The second kappa shape index (κ2) is 8.54. The Labute approximate surface area is 157 Å². The molecule has 144 valence electrons. The molecule has 0 unspecified atom stereocenters. The molecule has 1 aliphatic heterocycles. The molecule has 3 rings (SSSR count). The first kappa shape index (κ1) is 18.7. The Kier molecular flexibility index (Phi) is 5.92. The summed E-state index contributed by atoms with van der Waals surface area (Å²) in [7, 11) is 1.56. The van der Waals surface area contributed by atoms with E-state index in [0.717, 1.165) is 18.7 Å². The third kappa shape index (κ3) is 4.98. The van der Waals surface area contributed by atoms with Crippen LogP contribution in [0, 0.1) is 6.92 Å². The number of nitrogen functional groups attached to an aromatic ring is 1. The summed E-state index contributed by atoms with van der Waals surface area (Å²) in [6.07, 6.45) is 0. The van der Waals surface area contributed by atoms with Crippen molar-refractivity contribution in [2.75, 3.05) is 61.2 Å². The van der Waals surface area contributed by atoms with E-state index in [1.54, 1.807) is 13.2 Å². The maximum Gasteiger partial charge on any atom is 0.243 e. The summed E-state index contributed by atoms with van der Waals surface area (Å²) in [4.78, 5) is 22.8. The highest BCUT2D eigenvalue weighted by atomic mass is 16.5. The Morgan fingerprint density at radius 3 is 2.81 bits per heavy atom. The smallest absolute Gasteiger partial charge is 0.243 e. The Morgan fingerprint density at radius 2 is 2.07 bits per heavy atom. The number of ether oxygens (including phenoxy) is 2. The van der Waals surface area contributed by atoms with Gasteiger partial charge >= 0.3 is 0 Å². The fraction of sp³-hybridized carbons (Fsp3) is 0.389. The summed E-state index contributed by atoms with van der Waals surface area (Å²) >= 11 is 0. The average molecular weight is 372 g/mol. The normalized spacial score (nSPS) is 13.9. The number of amides is 1. The fourth-order valence-electron chi connectivity index (χ4n) is 2.78. The largest absolute Gasteiger partial charge is 0.495 e. The van der Waals surface area contributed by atoms with Crippen LogP contribution >= 0.6 is 0 Å². The highest BCUT2D eigenvalue weighted by Gasteiger charge is 2.15. The maximum atomic E-state index is 12.3. The molecule has 1 fully saturated rings. The van der Waals surface area contributed by atoms with Gasteiger partial charge in [0.2, 0.25) is 11.9 Å². The number of aromatic nitrogens is 2. The quantitative estimate of drug-likeness (QED) is 0.694. The lowest BCUT2D eigenvalue weighted by atomic mass is 10.2. The van der Waals surface area contributed by atoms with Crippen LogP contribution in [-0.4, -0.2) is 55.8 Å². The number of methoxy groups -OCH3 is 1. The Balaban J connectivity index is 1.63. The van der Waals surface area contributed by atoms with Gasteiger partial charge in [-0.05, 0) is 24.6 Å². The number of carbonyl (C=O) groups excluding carboxylic acids is 1. The van der Waals surface area contributed by atoms with E-state index in [4.69, 9.17) is 15.2 Å². The predicted octanol–water partition coefficient (Wildman–Crippen LogP) is 1.26. The molecular formula is C18H24N6O3. The van der Waals surface area contributed by atoms with Crippen LogP contribution in [0.15, 0.2) is 24.3 Å². The van der Waals surface area contributed by atoms with Gasteiger partial charge in [-0.25, -0.2) is 0 Å². The van der Waals surface area contributed by atoms with Crippen molar-refractivity contribution in [3.8, 4) is 5.75 Å². The summed E-state index contributed by atoms with van der Waals surface area (Å²) in [5.74, 6) is 1.76. The molecule has 0 radical (unpaired) electrons. The minimum absolute atomic E-state index is 0.0378. The molecule has 9 heteroatoms. The molecule has 2 heterocycles. The molecule has 0 bridgehead atoms. The summed E-state index contributed by atoms with van der Waals surface area (Å²) in [5.41, 5.74) is 7.46. The van der Waals surface area contributed by atoms with Gasteiger partial charge < -0.3 is 30.7 Å². The van der Waals surface area contributed by atoms with Gasteiger partial charge in [0.1, 0.15) is 17.4 Å². The lowest BCUT2D eigenvalue weighted by Crippen LogP contribution is -2.37. The van der Waals surface area contributed by atoms with Gasteiger partial charge in [-0.3, -0.25) is 4.79 Å². The summed E-state index contributed by atoms with van der Waals surface area (Å²) in [5, 5.41) is 5.83. The Hall–Kier alpha value is -3.07. The number of carbonyl (C=O) groups is 1. The first-order valence-electron chi connectivity index (χ1n) is 8.71. The van der Waals surface area contributed by atoms with Crippen LogP contribution < -0.4 is 26.0 Å². The van der Waals surface area contributed by atoms with Crippen molar-refractivity contribution in [2.24, 2.45) is 0 Å². The van der Waals surface area contributed by atoms with E-state index in [9.17, 15) is 4.79 Å². The van der Waals surface area contributed by atoms with Gasteiger partial charge in [0, 0.05) is 19.2 Å². The molecule has 2 aromatic rings. The summed E-state index contributed by atoms with van der Waals surface area (Å²) < 4.78 is 10.6. The monoisotopic (exact) mass is 372 g/mol. The number of nitrogens with two attached hydrogens (primary N) is 1. The predicted molar refractivity (Wildman–Crippen MR) is 104 cm³/mol. The minimum Gasteiger partial charge on any atom is -0.495 e. The molecular weight excluding hydrogens is 348 g/mol. The van der Waals surface area contributed by atoms with E-state index in [-0.39, 0.29) is 18.4 Å². The van der Waals surface area contributed by atoms with Crippen LogP contribution in [0.5, 0.6) is 5.75 Å². The van der Waals surface area contributed by atoms with Gasteiger partial charge in [-0.1, -0.05) is 6.07 Å². The highest BCUT2D eigenvalue weighted by molar-refractivity contribution is 5.95. The van der Waals surface area contributed by atoms with Crippen LogP contribution in [0.4, 0.5) is 23.3 Å². The van der Waals surface area contributed by atoms with Crippen LogP contribution in [0.3, 0.4) is 0 Å². The van der Waals surface area contributed by atoms with Crippen molar-refractivity contribution in [2.45, 2.75) is 6.92 Å². The average Bonchev–Trinajstić information content (AvgIpc) is 2.67. The van der Waals surface area contributed by atoms with Crippen LogP contribution in [0.2, 0.25) is 0 Å². The Bertz CT molecular complexity index is 808. The highest BCUT2D eigenvalue weighted by Crippen LogP contribution is 2.25. The second-order valence-electron chi connectivity index (χ2n) is 6.17. The lowest BCUT2D eigenvalue weighted by Gasteiger charge is -2.28. The van der Waals surface area contributed by atoms with E-state index < -0.39 is 0 Å². The number of anilines is 4. The number of hydrogen-bond donors (Lipinski definition) is 3. The number of hydrogen-bond acceptors (Lipinski definition) is 8. The minimum atomic E-state index is -0.219. The second-order valence-corrected chi connectivity index (χ2v) is 6.17. The first-order chi connectivity index (χ1) is 13.0. The molecule has 0 saturated carbocycles. The maximum absolute atomic E-state index is 12.3. The molecule has 0 spiro atoms. The van der Waals surface area contributed by atoms with Crippen LogP contribution in [-0.2, 0) is 9.53 Å². The molecule has 0 atom stereocenters. The van der Waals surface area contributed by atoms with E-state index in [1.165, 1.54) is 0 Å². The molecule has 9 nitrogen and oxygen atoms in total. The molecule has 0 aliphatic carbocycles. The fourth-order valence-corrected chi connectivity index (χ4v) is 2.78. The van der Waals surface area contributed by atoms with Crippen molar-refractivity contribution >= 4 is 29.2 Å². The van der Waals surface area contributed by atoms with E-state index >= 15 is 0 Å². The SMILES string of the molecule is COc1ccc(C)cc1NC(=O)CNc1cc(N2CCOCC2)nc(N)n1. The molecule has 1 aromatic heterocycles. The number of nitrogens with one attached hydrogen (secondary N) is 2. The van der Waals surface area contributed by atoms with Crippen molar-refractivity contribution in [3.63, 3.8) is 0 Å². The Morgan fingerprint density at radius 1 is 1.30 bits per heavy atom. The third-order valence-electron chi connectivity index (χ3n) is 4.12. The topological polar surface area (TPSA) is 115 Å². The van der Waals surface area contributed by atoms with Gasteiger partial charge in [0.05, 0.1) is 32.6 Å². The molecule has 27 heavy (non-hydrogen) atoms. The number of benzene rings is 1. The zero-order valence-electron chi connectivity index (χ0n) is 15.5. The standard InChI is InChI=1S/C18H24N6O3/c1-12-3-4-14(26-2)13(9-12)21-17(25)11-20-15-10-16(23-18(19)22-15)24-5-7-27-8-6-24/h3-4,9-10H,5-8,11H2,1-2H3,(H,21,25)(H3,19,20,22,23). The summed E-state index contributed by atoms with van der Waals surface area (Å²) in [6.45, 7) is 4.76. The van der Waals surface area contributed by atoms with Crippen molar-refractivity contribution < 1.29 is 14.3 Å². The number of rotatable bonds is 6. The lowest BCUT2D eigenvalue weighted by molar-refractivity contribution is -0.114. The molecule has 4 N–H and O–H groups in total. The van der Waals surface area contributed by atoms with Crippen molar-refractivity contribution in [1.29, 1.82) is 0 Å². The molecule has 1 aromatic carbocycles. The van der Waals surface area contributed by atoms with Crippen molar-refractivity contribution in [3.05, 3.63) is 29.8 Å². The number of aryl methyl sites for hydroxylation is 1. The first-order valence-corrected chi connectivity index (χ1v) is 8.71. The zero-order chi connectivity index (χ0) is 19.2. The molecule has 1 aliphatic rings. The van der Waals surface area contributed by atoms with Crippen LogP contribution in [0.25, 0.3) is 0 Å². The number of morpholine rings is 1. The van der Waals surface area contributed by atoms with Gasteiger partial charge in [0.15, 0.2) is 0 Å². The van der Waals surface area contributed by atoms with Gasteiger partial charge in [-0.2, -0.15) is 9.97 Å². The van der Waals surface area contributed by atoms with E-state index in [1.807, 2.05) is 25.1 Å². The molecule has 1 saturated heterocycles. The zero-order valence-corrected chi connectivity index (χ0v) is 15.5. The van der Waals surface area contributed by atoms with Gasteiger partial charge in [0.25, 0.3) is 0 Å². The van der Waals surface area contributed by atoms with Crippen molar-refractivity contribution in [1.82, 2.24) is 9.97 Å². The van der Waals surface area contributed by atoms with Gasteiger partial charge in [-0.15, -0.1) is 0 Å². The summed E-state index contributed by atoms with van der Waals surface area (Å²) in [6, 6.07) is 7.37. The van der Waals surface area contributed by atoms with Crippen LogP contribution in [0.1, 0.15) is 5.56 Å². The van der Waals surface area contributed by atoms with E-state index in [0.29, 0.717) is 36.3 Å².